The highest BCUT2D eigenvalue weighted by Gasteiger charge is 2.11. The maximum absolute atomic E-state index is 11.6. The Labute approximate surface area is 104 Å². The van der Waals surface area contributed by atoms with E-state index < -0.39 is 0 Å². The molecular formula is C12H25N3O2. The van der Waals surface area contributed by atoms with Gasteiger partial charge >= 0.3 is 0 Å². The Morgan fingerprint density at radius 2 is 1.82 bits per heavy atom. The fraction of sp³-hybridized carbons (Fsp3) is 0.833. The van der Waals surface area contributed by atoms with Crippen LogP contribution >= 0.6 is 0 Å². The number of carbonyl (C=O) groups is 2. The molecule has 0 atom stereocenters. The van der Waals surface area contributed by atoms with Gasteiger partial charge in [0.2, 0.25) is 11.8 Å². The van der Waals surface area contributed by atoms with Crippen LogP contribution in [-0.4, -0.2) is 61.9 Å². The Morgan fingerprint density at radius 1 is 1.18 bits per heavy atom. The van der Waals surface area contributed by atoms with Crippen molar-refractivity contribution in [2.45, 2.75) is 26.7 Å². The van der Waals surface area contributed by atoms with Crippen LogP contribution in [0.1, 0.15) is 26.7 Å². The predicted octanol–water partition coefficient (Wildman–Crippen LogP) is 0.313. The van der Waals surface area contributed by atoms with Crippen molar-refractivity contribution < 1.29 is 9.59 Å². The van der Waals surface area contributed by atoms with Crippen molar-refractivity contribution >= 4 is 11.8 Å². The van der Waals surface area contributed by atoms with Crippen LogP contribution in [0.3, 0.4) is 0 Å². The van der Waals surface area contributed by atoms with Gasteiger partial charge in [0.1, 0.15) is 0 Å². The summed E-state index contributed by atoms with van der Waals surface area (Å²) in [5, 5.41) is 2.82. The number of amides is 2. The zero-order valence-electron chi connectivity index (χ0n) is 11.5. The van der Waals surface area contributed by atoms with Gasteiger partial charge in [-0.2, -0.15) is 0 Å². The molecule has 0 aromatic carbocycles. The molecule has 0 bridgehead atoms. The number of nitrogens with one attached hydrogen (secondary N) is 1. The van der Waals surface area contributed by atoms with E-state index in [1.807, 2.05) is 21.0 Å². The van der Waals surface area contributed by atoms with Crippen LogP contribution in [0.5, 0.6) is 0 Å². The van der Waals surface area contributed by atoms with E-state index in [2.05, 4.69) is 10.2 Å². The molecule has 0 aliphatic heterocycles. The first kappa shape index (κ1) is 15.9. The Hall–Kier alpha value is -1.10. The molecule has 0 spiro atoms. The molecule has 0 heterocycles. The third kappa shape index (κ3) is 8.68. The summed E-state index contributed by atoms with van der Waals surface area (Å²) in [7, 11) is 4.00. The lowest BCUT2D eigenvalue weighted by atomic mass is 10.3. The number of carbonyl (C=O) groups excluding carboxylic acids is 2. The number of nitrogens with zero attached hydrogens (tertiary/aromatic N) is 2. The second-order valence-electron chi connectivity index (χ2n) is 4.45. The molecule has 0 fully saturated rings. The predicted molar refractivity (Wildman–Crippen MR) is 68.7 cm³/mol. The molecule has 0 aliphatic carbocycles. The van der Waals surface area contributed by atoms with Crippen molar-refractivity contribution in [3.8, 4) is 0 Å². The molecule has 0 rings (SSSR count). The normalized spacial score (nSPS) is 10.4. The molecule has 17 heavy (non-hydrogen) atoms. The van der Waals surface area contributed by atoms with Crippen molar-refractivity contribution in [2.75, 3.05) is 40.3 Å². The first-order valence-corrected chi connectivity index (χ1v) is 6.14. The maximum Gasteiger partial charge on any atom is 0.239 e. The van der Waals surface area contributed by atoms with Crippen LogP contribution < -0.4 is 5.32 Å². The standard InChI is InChI=1S/C12H25N3O2/c1-5-8-15(11(2)16)10-12(17)13-7-6-9-14(3)4/h5-10H2,1-4H3,(H,13,17). The van der Waals surface area contributed by atoms with Crippen molar-refractivity contribution in [3.63, 3.8) is 0 Å². The Balaban J connectivity index is 3.78. The molecule has 0 aromatic rings. The molecule has 5 nitrogen and oxygen atoms in total. The zero-order valence-corrected chi connectivity index (χ0v) is 11.5. The highest BCUT2D eigenvalue weighted by Crippen LogP contribution is 1.92. The van der Waals surface area contributed by atoms with E-state index in [1.165, 1.54) is 6.92 Å². The SMILES string of the molecule is CCCN(CC(=O)NCCCN(C)C)C(C)=O. The van der Waals surface area contributed by atoms with Gasteiger partial charge in [-0.3, -0.25) is 9.59 Å². The smallest absolute Gasteiger partial charge is 0.239 e. The van der Waals surface area contributed by atoms with Crippen molar-refractivity contribution in [1.82, 2.24) is 15.1 Å². The van der Waals surface area contributed by atoms with E-state index in [0.29, 0.717) is 13.1 Å². The van der Waals surface area contributed by atoms with Gasteiger partial charge < -0.3 is 15.1 Å². The molecule has 0 radical (unpaired) electrons. The molecule has 100 valence electrons. The first-order valence-electron chi connectivity index (χ1n) is 6.14. The maximum atomic E-state index is 11.6. The highest BCUT2D eigenvalue weighted by atomic mass is 16.2. The summed E-state index contributed by atoms with van der Waals surface area (Å²) in [6, 6.07) is 0. The molecule has 0 aromatic heterocycles. The van der Waals surface area contributed by atoms with Crippen LogP contribution in [0.25, 0.3) is 0 Å². The summed E-state index contributed by atoms with van der Waals surface area (Å²) < 4.78 is 0. The largest absolute Gasteiger partial charge is 0.355 e. The van der Waals surface area contributed by atoms with Gasteiger partial charge in [-0.1, -0.05) is 6.92 Å². The molecule has 2 amide bonds. The number of hydrogen-bond acceptors (Lipinski definition) is 3. The molecule has 5 heteroatoms. The molecule has 0 unspecified atom stereocenters. The van der Waals surface area contributed by atoms with Gasteiger partial charge in [-0.25, -0.2) is 0 Å². The van der Waals surface area contributed by atoms with E-state index in [-0.39, 0.29) is 18.4 Å². The van der Waals surface area contributed by atoms with Crippen LogP contribution in [-0.2, 0) is 9.59 Å². The summed E-state index contributed by atoms with van der Waals surface area (Å²) in [6.07, 6.45) is 1.79. The summed E-state index contributed by atoms with van der Waals surface area (Å²) >= 11 is 0. The molecule has 0 saturated heterocycles. The van der Waals surface area contributed by atoms with Gasteiger partial charge in [-0.05, 0) is 33.5 Å². The number of rotatable bonds is 8. The van der Waals surface area contributed by atoms with Crippen LogP contribution in [0.2, 0.25) is 0 Å². The third-order valence-corrected chi connectivity index (χ3v) is 2.38. The Morgan fingerprint density at radius 3 is 2.29 bits per heavy atom. The molecule has 0 aliphatic rings. The Bertz CT molecular complexity index is 242. The zero-order chi connectivity index (χ0) is 13.3. The Kier molecular flexibility index (Phi) is 8.40. The van der Waals surface area contributed by atoms with E-state index in [0.717, 1.165) is 19.4 Å². The van der Waals surface area contributed by atoms with Gasteiger partial charge in [0, 0.05) is 20.0 Å². The van der Waals surface area contributed by atoms with Gasteiger partial charge in [0.25, 0.3) is 0 Å². The third-order valence-electron chi connectivity index (χ3n) is 2.38. The minimum absolute atomic E-state index is 0.0460. The second-order valence-corrected chi connectivity index (χ2v) is 4.45. The average molecular weight is 243 g/mol. The quantitative estimate of drug-likeness (QED) is 0.624. The van der Waals surface area contributed by atoms with Crippen molar-refractivity contribution in [3.05, 3.63) is 0 Å². The van der Waals surface area contributed by atoms with E-state index in [4.69, 9.17) is 0 Å². The average Bonchev–Trinajstić information content (AvgIpc) is 2.23. The highest BCUT2D eigenvalue weighted by molar-refractivity contribution is 5.83. The number of hydrogen-bond donors (Lipinski definition) is 1. The minimum atomic E-state index is -0.0765. The van der Waals surface area contributed by atoms with Crippen LogP contribution in [0.4, 0.5) is 0 Å². The summed E-state index contributed by atoms with van der Waals surface area (Å²) in [5.41, 5.74) is 0. The van der Waals surface area contributed by atoms with Gasteiger partial charge in [-0.15, -0.1) is 0 Å². The minimum Gasteiger partial charge on any atom is -0.355 e. The van der Waals surface area contributed by atoms with Crippen LogP contribution in [0.15, 0.2) is 0 Å². The monoisotopic (exact) mass is 243 g/mol. The van der Waals surface area contributed by atoms with Crippen LogP contribution in [0, 0.1) is 0 Å². The first-order chi connectivity index (χ1) is 7.97. The molecular weight excluding hydrogens is 218 g/mol. The molecule has 1 N–H and O–H groups in total. The fourth-order valence-electron chi connectivity index (χ4n) is 1.47. The summed E-state index contributed by atoms with van der Waals surface area (Å²) in [6.45, 7) is 5.91. The molecule has 0 saturated carbocycles. The fourth-order valence-corrected chi connectivity index (χ4v) is 1.47. The lowest BCUT2D eigenvalue weighted by molar-refractivity contribution is -0.134. The van der Waals surface area contributed by atoms with Crippen molar-refractivity contribution in [2.24, 2.45) is 0 Å². The lowest BCUT2D eigenvalue weighted by Gasteiger charge is -2.19. The van der Waals surface area contributed by atoms with E-state index >= 15 is 0 Å². The van der Waals surface area contributed by atoms with E-state index in [9.17, 15) is 9.59 Å². The van der Waals surface area contributed by atoms with Crippen molar-refractivity contribution in [1.29, 1.82) is 0 Å². The lowest BCUT2D eigenvalue weighted by Crippen LogP contribution is -2.40. The summed E-state index contributed by atoms with van der Waals surface area (Å²) in [5.74, 6) is -0.123. The second kappa shape index (κ2) is 8.98. The van der Waals surface area contributed by atoms with Gasteiger partial charge in [0.15, 0.2) is 0 Å². The topological polar surface area (TPSA) is 52.7 Å². The van der Waals surface area contributed by atoms with Gasteiger partial charge in [0.05, 0.1) is 6.54 Å². The summed E-state index contributed by atoms with van der Waals surface area (Å²) in [4.78, 5) is 26.4. The van der Waals surface area contributed by atoms with E-state index in [1.54, 1.807) is 4.90 Å².